The van der Waals surface area contributed by atoms with Crippen LogP contribution in [0, 0.1) is 13.8 Å². The summed E-state index contributed by atoms with van der Waals surface area (Å²) in [6.07, 6.45) is -7.85. The Morgan fingerprint density at radius 2 is 1.66 bits per heavy atom. The van der Waals surface area contributed by atoms with Crippen molar-refractivity contribution in [2.24, 2.45) is 0 Å². The number of nitrogens with one attached hydrogen (secondary N) is 2. The Balaban J connectivity index is 0.000000426. The smallest absolute Gasteiger partial charge is 0.475 e. The van der Waals surface area contributed by atoms with E-state index in [0.717, 1.165) is 18.7 Å². The molecule has 1 fully saturated rings. The SMILES string of the molecule is Cc1cc(C)n(CCNC(=O)c2ccc(C3CCCN3)s2)c(=O)n1.O=C(O)C(F)(F)F.O=C(O)C(F)(F)F. The van der Waals surface area contributed by atoms with Crippen LogP contribution >= 0.6 is 11.3 Å². The number of aliphatic carboxylic acids is 2. The van der Waals surface area contributed by atoms with Gasteiger partial charge in [0.05, 0.1) is 4.88 Å². The Kier molecular flexibility index (Phi) is 11.9. The Hall–Kier alpha value is -3.47. The van der Waals surface area contributed by atoms with E-state index in [9.17, 15) is 35.9 Å². The van der Waals surface area contributed by atoms with Crippen LogP contribution in [0.2, 0.25) is 0 Å². The van der Waals surface area contributed by atoms with Crippen molar-refractivity contribution in [1.82, 2.24) is 20.2 Å². The van der Waals surface area contributed by atoms with Gasteiger partial charge in [-0.1, -0.05) is 0 Å². The maximum absolute atomic E-state index is 12.3. The second-order valence-electron chi connectivity index (χ2n) is 7.69. The van der Waals surface area contributed by atoms with Gasteiger partial charge in [-0.05, 0) is 51.4 Å². The van der Waals surface area contributed by atoms with Gasteiger partial charge in [0.25, 0.3) is 5.91 Å². The minimum atomic E-state index is -5.08. The first-order valence-electron chi connectivity index (χ1n) is 10.7. The number of aryl methyl sites for hydroxylation is 2. The quantitative estimate of drug-likeness (QED) is 0.398. The first-order valence-corrected chi connectivity index (χ1v) is 11.5. The van der Waals surface area contributed by atoms with Gasteiger partial charge < -0.3 is 20.8 Å². The Morgan fingerprint density at radius 3 is 2.11 bits per heavy atom. The molecule has 17 heteroatoms. The topological polar surface area (TPSA) is 151 Å². The molecule has 0 radical (unpaired) electrons. The van der Waals surface area contributed by atoms with Crippen LogP contribution in [-0.4, -0.2) is 63.1 Å². The van der Waals surface area contributed by atoms with Crippen molar-refractivity contribution in [2.75, 3.05) is 13.1 Å². The zero-order chi connectivity index (χ0) is 29.3. The van der Waals surface area contributed by atoms with Crippen LogP contribution in [-0.2, 0) is 16.1 Å². The van der Waals surface area contributed by atoms with E-state index < -0.39 is 24.3 Å². The summed E-state index contributed by atoms with van der Waals surface area (Å²) in [6, 6.07) is 6.15. The number of rotatable bonds is 5. The zero-order valence-corrected chi connectivity index (χ0v) is 20.8. The number of hydrogen-bond acceptors (Lipinski definition) is 7. The highest BCUT2D eigenvalue weighted by Crippen LogP contribution is 2.29. The Labute approximate surface area is 215 Å². The number of amides is 1. The summed E-state index contributed by atoms with van der Waals surface area (Å²) in [7, 11) is 0. The molecule has 1 amide bonds. The van der Waals surface area contributed by atoms with Gasteiger partial charge in [-0.25, -0.2) is 14.4 Å². The lowest BCUT2D eigenvalue weighted by molar-refractivity contribution is -0.193. The normalized spacial score (nSPS) is 15.0. The van der Waals surface area contributed by atoms with Crippen LogP contribution in [0.15, 0.2) is 23.0 Å². The molecule has 1 aliphatic rings. The van der Waals surface area contributed by atoms with E-state index in [4.69, 9.17) is 19.8 Å². The van der Waals surface area contributed by atoms with Gasteiger partial charge >= 0.3 is 30.0 Å². The summed E-state index contributed by atoms with van der Waals surface area (Å²) in [6.45, 7) is 5.54. The number of halogens is 6. The van der Waals surface area contributed by atoms with E-state index in [1.54, 1.807) is 11.5 Å². The summed E-state index contributed by atoms with van der Waals surface area (Å²) in [4.78, 5) is 47.8. The van der Waals surface area contributed by atoms with E-state index in [1.807, 2.05) is 25.1 Å². The van der Waals surface area contributed by atoms with E-state index in [2.05, 4.69) is 15.6 Å². The number of carbonyl (C=O) groups excluding carboxylic acids is 1. The van der Waals surface area contributed by atoms with Crippen molar-refractivity contribution in [3.63, 3.8) is 0 Å². The maximum Gasteiger partial charge on any atom is 0.490 e. The van der Waals surface area contributed by atoms with Crippen molar-refractivity contribution >= 4 is 29.2 Å². The first-order chi connectivity index (χ1) is 17.4. The fourth-order valence-corrected chi connectivity index (χ4v) is 4.04. The van der Waals surface area contributed by atoms with E-state index in [0.29, 0.717) is 29.7 Å². The van der Waals surface area contributed by atoms with E-state index in [-0.39, 0.29) is 11.6 Å². The highest BCUT2D eigenvalue weighted by Gasteiger charge is 2.38. The molecule has 212 valence electrons. The second-order valence-corrected chi connectivity index (χ2v) is 8.80. The summed E-state index contributed by atoms with van der Waals surface area (Å²) < 4.78 is 65.1. The summed E-state index contributed by atoms with van der Waals surface area (Å²) in [5, 5.41) is 20.6. The molecular formula is C21H24F6N4O6S. The lowest BCUT2D eigenvalue weighted by Crippen LogP contribution is -2.32. The number of carbonyl (C=O) groups is 3. The lowest BCUT2D eigenvalue weighted by Gasteiger charge is -2.10. The molecule has 0 bridgehead atoms. The van der Waals surface area contributed by atoms with E-state index >= 15 is 0 Å². The van der Waals surface area contributed by atoms with Gasteiger partial charge in [-0.3, -0.25) is 9.36 Å². The molecule has 3 heterocycles. The second kappa shape index (κ2) is 13.9. The lowest BCUT2D eigenvalue weighted by atomic mass is 10.2. The van der Waals surface area contributed by atoms with Gasteiger partial charge in [-0.2, -0.15) is 31.3 Å². The van der Waals surface area contributed by atoms with Crippen LogP contribution in [0.4, 0.5) is 26.3 Å². The van der Waals surface area contributed by atoms with Crippen LogP contribution in [0.1, 0.15) is 44.8 Å². The minimum absolute atomic E-state index is 0.0879. The standard InChI is InChI=1S/C17H22N4O2S.2C2HF3O2/c1-11-10-12(2)21(17(23)20-11)9-8-19-16(22)15-6-5-14(24-15)13-4-3-7-18-13;2*3-2(4,5)1(6)7/h5-6,10,13,18H,3-4,7-9H2,1-2H3,(H,19,22);2*(H,6,7). The summed E-state index contributed by atoms with van der Waals surface area (Å²) >= 11 is 1.54. The molecule has 2 aromatic heterocycles. The number of nitrogens with zero attached hydrogens (tertiary/aromatic N) is 2. The number of thiophene rings is 1. The van der Waals surface area contributed by atoms with Gasteiger partial charge in [0.1, 0.15) is 0 Å². The highest BCUT2D eigenvalue weighted by atomic mass is 32.1. The molecule has 1 unspecified atom stereocenters. The van der Waals surface area contributed by atoms with Gasteiger partial charge in [-0.15, -0.1) is 11.3 Å². The molecular weight excluding hydrogens is 550 g/mol. The average molecular weight is 575 g/mol. The predicted octanol–water partition coefficient (Wildman–Crippen LogP) is 3.04. The van der Waals surface area contributed by atoms with Crippen molar-refractivity contribution in [2.45, 2.75) is 51.6 Å². The first kappa shape index (κ1) is 32.6. The van der Waals surface area contributed by atoms with Gasteiger partial charge in [0.15, 0.2) is 0 Å². The fourth-order valence-electron chi connectivity index (χ4n) is 3.00. The third kappa shape index (κ3) is 10.9. The van der Waals surface area contributed by atoms with Crippen LogP contribution in [0.3, 0.4) is 0 Å². The molecule has 1 saturated heterocycles. The monoisotopic (exact) mass is 574 g/mol. The van der Waals surface area contributed by atoms with E-state index in [1.165, 1.54) is 22.6 Å². The fraction of sp³-hybridized carbons (Fsp3) is 0.476. The molecule has 0 aromatic carbocycles. The van der Waals surface area contributed by atoms with Crippen molar-refractivity contribution in [3.8, 4) is 0 Å². The third-order valence-electron chi connectivity index (χ3n) is 4.71. The summed E-state index contributed by atoms with van der Waals surface area (Å²) in [5.74, 6) is -5.60. The molecule has 38 heavy (non-hydrogen) atoms. The number of hydrogen-bond donors (Lipinski definition) is 4. The largest absolute Gasteiger partial charge is 0.490 e. The number of carboxylic acid groups (broad SMARTS) is 2. The van der Waals surface area contributed by atoms with Crippen LogP contribution < -0.4 is 16.3 Å². The predicted molar refractivity (Wildman–Crippen MR) is 122 cm³/mol. The molecule has 1 atom stereocenters. The molecule has 1 aliphatic heterocycles. The molecule has 4 N–H and O–H groups in total. The van der Waals surface area contributed by atoms with Crippen molar-refractivity contribution < 1.29 is 50.9 Å². The molecule has 3 rings (SSSR count). The Morgan fingerprint density at radius 1 is 1.11 bits per heavy atom. The number of alkyl halides is 6. The molecule has 0 spiro atoms. The molecule has 10 nitrogen and oxygen atoms in total. The highest BCUT2D eigenvalue weighted by molar-refractivity contribution is 7.14. The zero-order valence-electron chi connectivity index (χ0n) is 19.9. The maximum atomic E-state index is 12.3. The number of carboxylic acids is 2. The van der Waals surface area contributed by atoms with Gasteiger partial charge in [0, 0.05) is 35.4 Å². The molecule has 2 aromatic rings. The number of aromatic nitrogens is 2. The van der Waals surface area contributed by atoms with Crippen LogP contribution in [0.25, 0.3) is 0 Å². The Bertz CT molecular complexity index is 1150. The van der Waals surface area contributed by atoms with Crippen molar-refractivity contribution in [1.29, 1.82) is 0 Å². The molecule has 0 saturated carbocycles. The van der Waals surface area contributed by atoms with Crippen molar-refractivity contribution in [3.05, 3.63) is 49.8 Å². The minimum Gasteiger partial charge on any atom is -0.475 e. The summed E-state index contributed by atoms with van der Waals surface area (Å²) in [5.41, 5.74) is 1.30. The van der Waals surface area contributed by atoms with Gasteiger partial charge in [0.2, 0.25) is 0 Å². The van der Waals surface area contributed by atoms with Crippen LogP contribution in [0.5, 0.6) is 0 Å². The average Bonchev–Trinajstić information content (AvgIpc) is 3.47. The molecule has 0 aliphatic carbocycles. The third-order valence-corrected chi connectivity index (χ3v) is 5.90.